The Morgan fingerprint density at radius 2 is 1.10 bits per heavy atom. The number of rotatable bonds is 5. The Hall–Kier alpha value is -6.45. The smallest absolute Gasteiger partial charge is 0.153 e. The van der Waals surface area contributed by atoms with E-state index in [1.165, 1.54) is 54.9 Å². The van der Waals surface area contributed by atoms with Crippen LogP contribution in [0.5, 0.6) is 11.5 Å². The Morgan fingerprint density at radius 3 is 1.88 bits per heavy atom. The molecule has 0 unspecified atom stereocenters. The zero-order valence-electron chi connectivity index (χ0n) is 27.6. The fourth-order valence-corrected chi connectivity index (χ4v) is 7.95. The van der Waals surface area contributed by atoms with E-state index < -0.39 is 0 Å². The molecule has 1 aromatic heterocycles. The van der Waals surface area contributed by atoms with Crippen LogP contribution in [-0.4, -0.2) is 9.55 Å². The van der Waals surface area contributed by atoms with E-state index in [4.69, 9.17) is 9.72 Å². The molecule has 236 valence electrons. The maximum Gasteiger partial charge on any atom is 0.153 e. The minimum Gasteiger partial charge on any atom is -0.453 e. The predicted molar refractivity (Wildman–Crippen MR) is 207 cm³/mol. The number of para-hydroxylation sites is 2. The minimum absolute atomic E-state index is 0.815. The second kappa shape index (κ2) is 11.3. The van der Waals surface area contributed by atoms with E-state index in [0.29, 0.717) is 0 Å². The van der Waals surface area contributed by atoms with Crippen molar-refractivity contribution in [3.8, 4) is 61.7 Å². The first-order valence-corrected chi connectivity index (χ1v) is 17.3. The van der Waals surface area contributed by atoms with Gasteiger partial charge >= 0.3 is 0 Å². The molecule has 0 amide bonds. The van der Waals surface area contributed by atoms with Crippen LogP contribution < -0.4 is 4.74 Å². The van der Waals surface area contributed by atoms with Crippen LogP contribution in [0.4, 0.5) is 0 Å². The van der Waals surface area contributed by atoms with Gasteiger partial charge in [-0.1, -0.05) is 140 Å². The lowest BCUT2D eigenvalue weighted by Gasteiger charge is -2.24. The molecule has 0 spiro atoms. The number of fused-ring (bicyclic) bond motifs is 4. The lowest BCUT2D eigenvalue weighted by molar-refractivity contribution is 0.474. The van der Waals surface area contributed by atoms with Gasteiger partial charge in [-0.2, -0.15) is 0 Å². The molecule has 9 aromatic rings. The van der Waals surface area contributed by atoms with Gasteiger partial charge in [0.2, 0.25) is 0 Å². The van der Waals surface area contributed by atoms with E-state index in [1.54, 1.807) is 0 Å². The average Bonchev–Trinajstić information content (AvgIpc) is 3.57. The van der Waals surface area contributed by atoms with E-state index in [0.717, 1.165) is 51.6 Å². The summed E-state index contributed by atoms with van der Waals surface area (Å²) in [7, 11) is 0. The molecule has 0 fully saturated rings. The molecule has 3 nitrogen and oxygen atoms in total. The maximum atomic E-state index is 6.57. The summed E-state index contributed by atoms with van der Waals surface area (Å²) in [6.45, 7) is 2.17. The lowest BCUT2D eigenvalue weighted by Crippen LogP contribution is -2.08. The van der Waals surface area contributed by atoms with E-state index >= 15 is 0 Å². The van der Waals surface area contributed by atoms with Gasteiger partial charge in [0.1, 0.15) is 11.3 Å². The Bertz CT molecular complexity index is 2760. The third-order valence-electron chi connectivity index (χ3n) is 10.1. The first-order chi connectivity index (χ1) is 24.8. The molecule has 0 atom stereocenters. The van der Waals surface area contributed by atoms with Crippen molar-refractivity contribution < 1.29 is 4.74 Å². The monoisotopic (exact) mass is 640 g/mol. The number of imidazole rings is 1. The number of hydrogen-bond acceptors (Lipinski definition) is 2. The van der Waals surface area contributed by atoms with Crippen molar-refractivity contribution in [2.45, 2.75) is 13.3 Å². The average molecular weight is 641 g/mol. The van der Waals surface area contributed by atoms with Gasteiger partial charge in [0.15, 0.2) is 11.5 Å². The molecule has 1 aliphatic rings. The summed E-state index contributed by atoms with van der Waals surface area (Å²) in [6.07, 6.45) is 0.815. The molecule has 0 saturated carbocycles. The molecule has 0 aliphatic carbocycles. The SMILES string of the molecule is CCc1nc2cccc3c2n1-c1c(cccc1-c1ccc2c(-c4cccc(-c5ccccc5)c4)c4ccccc4c(-c4ccccc4)c2c1)O3. The number of nitrogens with zero attached hydrogens (tertiary/aromatic N) is 2. The zero-order chi connectivity index (χ0) is 33.2. The highest BCUT2D eigenvalue weighted by Crippen LogP contribution is 2.48. The molecule has 50 heavy (non-hydrogen) atoms. The second-order valence-corrected chi connectivity index (χ2v) is 13.0. The predicted octanol–water partition coefficient (Wildman–Crippen LogP) is 12.7. The standard InChI is InChI=1S/C47H32N2O/c1-2-43-48-40-23-13-25-42-47(40)49(43)46-35(22-12-24-41(46)50-42)33-26-27-38-39(29-33)44(31-16-7-4-8-17-31)36-20-9-10-21-37(36)45(38)34-19-11-18-32(28-34)30-14-5-3-6-15-30/h3-29H,2H2,1H3. The highest BCUT2D eigenvalue weighted by atomic mass is 16.5. The van der Waals surface area contributed by atoms with Crippen molar-refractivity contribution in [3.05, 3.63) is 170 Å². The largest absolute Gasteiger partial charge is 0.453 e. The van der Waals surface area contributed by atoms with Gasteiger partial charge in [-0.25, -0.2) is 4.98 Å². The summed E-state index contributed by atoms with van der Waals surface area (Å²) < 4.78 is 8.89. The summed E-state index contributed by atoms with van der Waals surface area (Å²) in [6, 6.07) is 58.9. The fraction of sp³-hybridized carbons (Fsp3) is 0.0426. The molecule has 0 bridgehead atoms. The minimum atomic E-state index is 0.815. The van der Waals surface area contributed by atoms with E-state index in [-0.39, 0.29) is 0 Å². The van der Waals surface area contributed by atoms with Crippen molar-refractivity contribution in [1.29, 1.82) is 0 Å². The Kier molecular flexibility index (Phi) is 6.47. The van der Waals surface area contributed by atoms with Crippen LogP contribution in [0.15, 0.2) is 164 Å². The van der Waals surface area contributed by atoms with Crippen molar-refractivity contribution in [3.63, 3.8) is 0 Å². The van der Waals surface area contributed by atoms with Gasteiger partial charge < -0.3 is 4.74 Å². The summed E-state index contributed by atoms with van der Waals surface area (Å²) in [5.41, 5.74) is 12.6. The number of ether oxygens (including phenoxy) is 1. The van der Waals surface area contributed by atoms with Crippen molar-refractivity contribution in [2.75, 3.05) is 0 Å². The Morgan fingerprint density at radius 1 is 0.480 bits per heavy atom. The highest BCUT2D eigenvalue weighted by Gasteiger charge is 2.27. The van der Waals surface area contributed by atoms with Crippen LogP contribution in [0.1, 0.15) is 12.7 Å². The third-order valence-corrected chi connectivity index (χ3v) is 10.1. The summed E-state index contributed by atoms with van der Waals surface area (Å²) in [4.78, 5) is 5.03. The fourth-order valence-electron chi connectivity index (χ4n) is 7.95. The third kappa shape index (κ3) is 4.33. The molecule has 0 radical (unpaired) electrons. The number of benzene rings is 8. The Labute approximate surface area is 290 Å². The van der Waals surface area contributed by atoms with Crippen LogP contribution in [0.3, 0.4) is 0 Å². The van der Waals surface area contributed by atoms with Crippen LogP contribution in [0, 0.1) is 0 Å². The van der Waals surface area contributed by atoms with Crippen molar-refractivity contribution >= 4 is 32.6 Å². The van der Waals surface area contributed by atoms with Gasteiger partial charge in [-0.3, -0.25) is 4.57 Å². The molecular formula is C47H32N2O. The molecule has 2 heterocycles. The van der Waals surface area contributed by atoms with Crippen molar-refractivity contribution in [2.24, 2.45) is 0 Å². The van der Waals surface area contributed by atoms with Crippen molar-refractivity contribution in [1.82, 2.24) is 9.55 Å². The van der Waals surface area contributed by atoms with Crippen LogP contribution in [0.25, 0.3) is 82.8 Å². The van der Waals surface area contributed by atoms with Gasteiger partial charge in [0.05, 0.1) is 11.2 Å². The van der Waals surface area contributed by atoms with Crippen LogP contribution >= 0.6 is 0 Å². The first kappa shape index (κ1) is 28.6. The van der Waals surface area contributed by atoms with Gasteiger partial charge in [-0.05, 0) is 90.8 Å². The van der Waals surface area contributed by atoms with Crippen LogP contribution in [-0.2, 0) is 6.42 Å². The molecule has 0 N–H and O–H groups in total. The van der Waals surface area contributed by atoms with Gasteiger partial charge in [0, 0.05) is 12.0 Å². The summed E-state index contributed by atoms with van der Waals surface area (Å²) in [5.74, 6) is 2.72. The second-order valence-electron chi connectivity index (χ2n) is 13.0. The van der Waals surface area contributed by atoms with Gasteiger partial charge in [-0.15, -0.1) is 0 Å². The zero-order valence-corrected chi connectivity index (χ0v) is 27.6. The normalized spacial score (nSPS) is 11.9. The Balaban J connectivity index is 1.28. The summed E-state index contributed by atoms with van der Waals surface area (Å²) >= 11 is 0. The number of aryl methyl sites for hydroxylation is 1. The topological polar surface area (TPSA) is 27.1 Å². The molecular weight excluding hydrogens is 609 g/mol. The lowest BCUT2D eigenvalue weighted by atomic mass is 9.84. The quantitative estimate of drug-likeness (QED) is 0.175. The summed E-state index contributed by atoms with van der Waals surface area (Å²) in [5, 5.41) is 4.92. The first-order valence-electron chi connectivity index (χ1n) is 17.3. The maximum absolute atomic E-state index is 6.57. The highest BCUT2D eigenvalue weighted by molar-refractivity contribution is 6.22. The van der Waals surface area contributed by atoms with E-state index in [1.807, 2.05) is 12.1 Å². The van der Waals surface area contributed by atoms with E-state index in [2.05, 4.69) is 163 Å². The molecule has 8 aromatic carbocycles. The molecule has 3 heteroatoms. The number of aromatic nitrogens is 2. The number of hydrogen-bond donors (Lipinski definition) is 0. The molecule has 1 aliphatic heterocycles. The molecule has 0 saturated heterocycles. The van der Waals surface area contributed by atoms with E-state index in [9.17, 15) is 0 Å². The van der Waals surface area contributed by atoms with Crippen LogP contribution in [0.2, 0.25) is 0 Å². The molecule has 10 rings (SSSR count). The van der Waals surface area contributed by atoms with Gasteiger partial charge in [0.25, 0.3) is 0 Å².